The zero-order valence-electron chi connectivity index (χ0n) is 10.6. The molecule has 2 rings (SSSR count). The smallest absolute Gasteiger partial charge is 0.330 e. The Bertz CT molecular complexity index is 610. The van der Waals surface area contributed by atoms with Crippen molar-refractivity contribution in [2.24, 2.45) is 0 Å². The summed E-state index contributed by atoms with van der Waals surface area (Å²) < 4.78 is 19.7. The first-order valence-corrected chi connectivity index (χ1v) is 6.02. The quantitative estimate of drug-likeness (QED) is 0.511. The molecule has 0 spiro atoms. The molecule has 1 saturated heterocycles. The molecule has 0 amide bonds. The van der Waals surface area contributed by atoms with Gasteiger partial charge in [-0.25, -0.2) is 9.18 Å². The summed E-state index contributed by atoms with van der Waals surface area (Å²) in [5.41, 5.74) is -1.42. The van der Waals surface area contributed by atoms with Crippen LogP contribution in [0.5, 0.6) is 0 Å². The molecule has 20 heavy (non-hydrogen) atoms. The Morgan fingerprint density at radius 1 is 1.55 bits per heavy atom. The number of aliphatic hydroxyl groups excluding tert-OH is 2. The van der Waals surface area contributed by atoms with Crippen LogP contribution in [0.15, 0.2) is 15.8 Å². The number of aliphatic hydroxyl groups is 3. The molecule has 1 unspecified atom stereocenters. The molecule has 1 aliphatic heterocycles. The average molecular weight is 290 g/mol. The molecule has 4 atom stereocenters. The summed E-state index contributed by atoms with van der Waals surface area (Å²) in [6.45, 7) is 0.921. The van der Waals surface area contributed by atoms with Crippen LogP contribution in [-0.4, -0.2) is 49.5 Å². The van der Waals surface area contributed by atoms with Gasteiger partial charge in [-0.2, -0.15) is 0 Å². The van der Waals surface area contributed by atoms with Crippen molar-refractivity contribution >= 4 is 0 Å². The lowest BCUT2D eigenvalue weighted by Gasteiger charge is -2.23. The molecule has 1 aromatic heterocycles. The van der Waals surface area contributed by atoms with E-state index in [0.29, 0.717) is 4.57 Å². The normalized spacial score (nSPS) is 33.5. The second-order valence-corrected chi connectivity index (χ2v) is 4.56. The summed E-state index contributed by atoms with van der Waals surface area (Å²) in [6, 6.07) is 0. The van der Waals surface area contributed by atoms with Crippen LogP contribution in [-0.2, 0) is 11.2 Å². The number of aromatic amines is 1. The van der Waals surface area contributed by atoms with Gasteiger partial charge in [-0.3, -0.25) is 14.3 Å². The Morgan fingerprint density at radius 3 is 2.70 bits per heavy atom. The molecule has 1 aliphatic rings. The molecule has 8 nitrogen and oxygen atoms in total. The van der Waals surface area contributed by atoms with Gasteiger partial charge in [-0.15, -0.1) is 0 Å². The fourth-order valence-corrected chi connectivity index (χ4v) is 2.10. The monoisotopic (exact) mass is 290 g/mol. The summed E-state index contributed by atoms with van der Waals surface area (Å²) in [4.78, 5) is 25.1. The Morgan fingerprint density at radius 2 is 2.20 bits per heavy atom. The van der Waals surface area contributed by atoms with Crippen LogP contribution in [0.3, 0.4) is 0 Å². The number of alkyl halides is 1. The molecule has 0 aliphatic carbocycles. The number of ether oxygens (including phenoxy) is 1. The molecule has 2 heterocycles. The van der Waals surface area contributed by atoms with Crippen LogP contribution < -0.4 is 11.2 Å². The van der Waals surface area contributed by atoms with Gasteiger partial charge in [0.2, 0.25) is 0 Å². The molecule has 1 fully saturated rings. The number of rotatable bonds is 3. The van der Waals surface area contributed by atoms with Crippen molar-refractivity contribution in [3.05, 3.63) is 32.6 Å². The zero-order valence-corrected chi connectivity index (χ0v) is 10.6. The van der Waals surface area contributed by atoms with Crippen LogP contribution in [0.2, 0.25) is 0 Å². The second-order valence-electron chi connectivity index (χ2n) is 4.56. The van der Waals surface area contributed by atoms with E-state index in [9.17, 15) is 24.2 Å². The van der Waals surface area contributed by atoms with Crippen molar-refractivity contribution in [1.29, 1.82) is 0 Å². The first-order valence-electron chi connectivity index (χ1n) is 6.02. The Balaban J connectivity index is 2.52. The Labute approximate surface area is 112 Å². The largest absolute Gasteiger partial charge is 0.394 e. The first kappa shape index (κ1) is 14.9. The van der Waals surface area contributed by atoms with E-state index in [1.165, 1.54) is 0 Å². The maximum atomic E-state index is 14.1. The number of aromatic nitrogens is 2. The fraction of sp³-hybridized carbons (Fsp3) is 0.636. The number of hydrogen-bond donors (Lipinski definition) is 4. The van der Waals surface area contributed by atoms with Crippen molar-refractivity contribution in [3.8, 4) is 0 Å². The van der Waals surface area contributed by atoms with Crippen LogP contribution in [0.4, 0.5) is 4.39 Å². The zero-order chi connectivity index (χ0) is 15.1. The topological polar surface area (TPSA) is 125 Å². The molecular weight excluding hydrogens is 275 g/mol. The maximum Gasteiger partial charge on any atom is 0.330 e. The standard InChI is InChI=1S/C11H15FN2O6/c1-2-5-3-14(10(18)13-8(5)17)9-11(12,19)7(16)6(4-15)20-9/h3,6-7,9,15-16,19H,2,4H2,1H3,(H,13,17,18)/t6-,7-,9?,11+/m1/s1. The lowest BCUT2D eigenvalue weighted by Crippen LogP contribution is -2.46. The molecule has 0 radical (unpaired) electrons. The van der Waals surface area contributed by atoms with Crippen molar-refractivity contribution in [2.45, 2.75) is 37.6 Å². The summed E-state index contributed by atoms with van der Waals surface area (Å²) in [5, 5.41) is 28.1. The van der Waals surface area contributed by atoms with Gasteiger partial charge in [0.05, 0.1) is 6.61 Å². The highest BCUT2D eigenvalue weighted by Gasteiger charge is 2.57. The van der Waals surface area contributed by atoms with Crippen LogP contribution >= 0.6 is 0 Å². The summed E-state index contributed by atoms with van der Waals surface area (Å²) >= 11 is 0. The summed E-state index contributed by atoms with van der Waals surface area (Å²) in [6.07, 6.45) is -3.91. The molecule has 0 saturated carbocycles. The van der Waals surface area contributed by atoms with E-state index in [1.807, 2.05) is 4.98 Å². The molecule has 9 heteroatoms. The molecule has 4 N–H and O–H groups in total. The van der Waals surface area contributed by atoms with Gasteiger partial charge in [-0.1, -0.05) is 6.92 Å². The van der Waals surface area contributed by atoms with E-state index in [2.05, 4.69) is 0 Å². The number of halogens is 1. The van der Waals surface area contributed by atoms with E-state index >= 15 is 0 Å². The number of H-pyrrole nitrogens is 1. The van der Waals surface area contributed by atoms with Crippen molar-refractivity contribution < 1.29 is 24.4 Å². The summed E-state index contributed by atoms with van der Waals surface area (Å²) in [7, 11) is 0. The average Bonchev–Trinajstić information content (AvgIpc) is 2.62. The van der Waals surface area contributed by atoms with E-state index in [0.717, 1.165) is 6.20 Å². The van der Waals surface area contributed by atoms with Crippen LogP contribution in [0, 0.1) is 0 Å². The van der Waals surface area contributed by atoms with Crippen molar-refractivity contribution in [1.82, 2.24) is 9.55 Å². The highest BCUT2D eigenvalue weighted by molar-refractivity contribution is 5.06. The lowest BCUT2D eigenvalue weighted by atomic mass is 10.1. The predicted octanol–water partition coefficient (Wildman–Crippen LogP) is -1.99. The number of nitrogens with zero attached hydrogens (tertiary/aromatic N) is 1. The third-order valence-electron chi connectivity index (χ3n) is 3.27. The second kappa shape index (κ2) is 5.09. The number of nitrogens with one attached hydrogen (secondary N) is 1. The fourth-order valence-electron chi connectivity index (χ4n) is 2.10. The minimum atomic E-state index is -3.26. The van der Waals surface area contributed by atoms with Crippen LogP contribution in [0.1, 0.15) is 18.7 Å². The first-order chi connectivity index (χ1) is 9.32. The maximum absolute atomic E-state index is 14.1. The van der Waals surface area contributed by atoms with Gasteiger partial charge >= 0.3 is 5.69 Å². The van der Waals surface area contributed by atoms with Gasteiger partial charge in [0.25, 0.3) is 11.4 Å². The van der Waals surface area contributed by atoms with E-state index in [1.54, 1.807) is 6.92 Å². The lowest BCUT2D eigenvalue weighted by molar-refractivity contribution is -0.197. The van der Waals surface area contributed by atoms with E-state index in [-0.39, 0.29) is 12.0 Å². The Hall–Kier alpha value is -1.55. The molecule has 0 aromatic carbocycles. The molecule has 0 bridgehead atoms. The predicted molar refractivity (Wildman–Crippen MR) is 63.8 cm³/mol. The van der Waals surface area contributed by atoms with Gasteiger partial charge in [0.1, 0.15) is 12.2 Å². The molecule has 112 valence electrons. The van der Waals surface area contributed by atoms with Crippen molar-refractivity contribution in [2.75, 3.05) is 6.61 Å². The van der Waals surface area contributed by atoms with Gasteiger partial charge in [0.15, 0.2) is 6.23 Å². The Kier molecular flexibility index (Phi) is 3.78. The summed E-state index contributed by atoms with van der Waals surface area (Å²) in [5.74, 6) is -3.26. The minimum Gasteiger partial charge on any atom is -0.394 e. The third-order valence-corrected chi connectivity index (χ3v) is 3.27. The van der Waals surface area contributed by atoms with Gasteiger partial charge in [-0.05, 0) is 6.42 Å². The molecule has 1 aromatic rings. The van der Waals surface area contributed by atoms with Crippen molar-refractivity contribution in [3.63, 3.8) is 0 Å². The minimum absolute atomic E-state index is 0.186. The van der Waals surface area contributed by atoms with Crippen LogP contribution in [0.25, 0.3) is 0 Å². The highest BCUT2D eigenvalue weighted by atomic mass is 19.2. The third kappa shape index (κ3) is 2.18. The van der Waals surface area contributed by atoms with E-state index in [4.69, 9.17) is 9.84 Å². The highest BCUT2D eigenvalue weighted by Crippen LogP contribution is 2.38. The van der Waals surface area contributed by atoms with Gasteiger partial charge in [0, 0.05) is 11.8 Å². The van der Waals surface area contributed by atoms with Gasteiger partial charge < -0.3 is 20.1 Å². The SMILES string of the molecule is CCc1cn(C2O[C@H](CO)[C@@H](O)[C@@]2(O)F)c(=O)[nH]c1=O. The van der Waals surface area contributed by atoms with E-state index < -0.39 is 42.1 Å². The number of aryl methyl sites for hydroxylation is 1. The molecular formula is C11H15FN2O6. The number of hydrogen-bond acceptors (Lipinski definition) is 6.